The van der Waals surface area contributed by atoms with Crippen molar-refractivity contribution in [3.63, 3.8) is 0 Å². The van der Waals surface area contributed by atoms with Crippen molar-refractivity contribution in [3.05, 3.63) is 93.7 Å². The molecular formula is C31H32F3N7O4. The molecule has 2 N–H and O–H groups in total. The van der Waals surface area contributed by atoms with Gasteiger partial charge in [-0.2, -0.15) is 18.3 Å². The highest BCUT2D eigenvalue weighted by molar-refractivity contribution is 5.94. The van der Waals surface area contributed by atoms with E-state index in [1.807, 2.05) is 0 Å². The number of benzene rings is 1. The van der Waals surface area contributed by atoms with Crippen molar-refractivity contribution in [2.45, 2.75) is 76.9 Å². The Balaban J connectivity index is 1.48. The topological polar surface area (TPSA) is 143 Å². The van der Waals surface area contributed by atoms with E-state index in [1.54, 1.807) is 64.4 Å². The van der Waals surface area contributed by atoms with Crippen LogP contribution in [0.25, 0.3) is 10.8 Å². The molecule has 1 aromatic carbocycles. The van der Waals surface area contributed by atoms with E-state index in [0.717, 1.165) is 12.3 Å². The zero-order chi connectivity index (χ0) is 32.6. The zero-order valence-electron chi connectivity index (χ0n) is 25.1. The Morgan fingerprint density at radius 1 is 1.07 bits per heavy atom. The van der Waals surface area contributed by atoms with Gasteiger partial charge in [-0.3, -0.25) is 14.6 Å². The maximum atomic E-state index is 14.4. The van der Waals surface area contributed by atoms with Gasteiger partial charge >= 0.3 is 12.3 Å². The zero-order valence-corrected chi connectivity index (χ0v) is 25.1. The summed E-state index contributed by atoms with van der Waals surface area (Å²) in [6.45, 7) is 6.83. The molecule has 236 valence electrons. The number of aromatic amines is 1. The number of nitrogens with zero attached hydrogens (tertiary/aromatic N) is 5. The van der Waals surface area contributed by atoms with E-state index in [2.05, 4.69) is 30.5 Å². The van der Waals surface area contributed by atoms with Crippen molar-refractivity contribution in [1.29, 1.82) is 0 Å². The number of fused-ring (bicyclic) bond motifs is 1. The van der Waals surface area contributed by atoms with Gasteiger partial charge in [-0.05, 0) is 76.4 Å². The van der Waals surface area contributed by atoms with E-state index in [0.29, 0.717) is 40.7 Å². The number of nitrogens with one attached hydrogen (secondary N) is 2. The first-order valence-corrected chi connectivity index (χ1v) is 14.3. The molecule has 3 heterocycles. The number of ether oxygens (including phenoxy) is 1. The molecule has 14 heteroatoms. The fraction of sp³-hybridized carbons (Fsp3) is 0.387. The number of pyridine rings is 1. The Bertz CT molecular complexity index is 1770. The molecule has 45 heavy (non-hydrogen) atoms. The van der Waals surface area contributed by atoms with Gasteiger partial charge in [-0.25, -0.2) is 19.9 Å². The van der Waals surface area contributed by atoms with E-state index < -0.39 is 40.5 Å². The quantitative estimate of drug-likeness (QED) is 0.280. The van der Waals surface area contributed by atoms with Crippen LogP contribution in [0.15, 0.2) is 59.8 Å². The minimum absolute atomic E-state index is 0.0410. The molecule has 4 aromatic rings. The molecule has 0 aliphatic heterocycles. The van der Waals surface area contributed by atoms with Gasteiger partial charge in [-0.15, -0.1) is 0 Å². The minimum atomic E-state index is -4.54. The summed E-state index contributed by atoms with van der Waals surface area (Å²) in [5, 5.41) is 10.0. The molecule has 1 aliphatic rings. The van der Waals surface area contributed by atoms with Crippen molar-refractivity contribution >= 4 is 22.8 Å². The molecule has 1 atom stereocenters. The van der Waals surface area contributed by atoms with Crippen LogP contribution in [0, 0.1) is 0 Å². The molecular weight excluding hydrogens is 591 g/mol. The number of carbonyl (C=O) groups is 2. The van der Waals surface area contributed by atoms with Crippen LogP contribution in [0.3, 0.4) is 0 Å². The van der Waals surface area contributed by atoms with Crippen LogP contribution < -0.4 is 10.9 Å². The third-order valence-electron chi connectivity index (χ3n) is 7.55. The van der Waals surface area contributed by atoms with Crippen molar-refractivity contribution in [2.75, 3.05) is 0 Å². The molecule has 11 nitrogen and oxygen atoms in total. The number of alkyl halides is 3. The summed E-state index contributed by atoms with van der Waals surface area (Å²) in [6, 6.07) is 8.24. The number of aromatic nitrogens is 5. The lowest BCUT2D eigenvalue weighted by Crippen LogP contribution is -2.41. The van der Waals surface area contributed by atoms with Gasteiger partial charge in [0.15, 0.2) is 0 Å². The van der Waals surface area contributed by atoms with Crippen molar-refractivity contribution in [2.24, 2.45) is 0 Å². The van der Waals surface area contributed by atoms with Crippen LogP contribution in [0.4, 0.5) is 18.0 Å². The molecule has 0 spiro atoms. The van der Waals surface area contributed by atoms with Gasteiger partial charge in [0.05, 0.1) is 46.9 Å². The lowest BCUT2D eigenvalue weighted by atomic mass is 9.91. The van der Waals surface area contributed by atoms with Crippen LogP contribution >= 0.6 is 0 Å². The SMILES string of the molecule is CC(c1ncccn1)N(Cc1ccc(C(F)(F)F)cn1)C(=O)C1(c2ccc3c(=O)[nH]nc(CNC(=O)OC(C)(C)C)c3c2)CC1. The van der Waals surface area contributed by atoms with E-state index in [-0.39, 0.29) is 24.7 Å². The number of hydrogen-bond acceptors (Lipinski definition) is 8. The number of halogens is 3. The van der Waals surface area contributed by atoms with Crippen LogP contribution in [-0.2, 0) is 34.2 Å². The predicted octanol–water partition coefficient (Wildman–Crippen LogP) is 4.97. The number of amides is 2. The molecule has 0 saturated heterocycles. The molecule has 1 fully saturated rings. The average Bonchev–Trinajstić information content (AvgIpc) is 3.80. The number of rotatable bonds is 8. The number of H-pyrrole nitrogens is 1. The smallest absolute Gasteiger partial charge is 0.417 e. The highest BCUT2D eigenvalue weighted by atomic mass is 19.4. The summed E-state index contributed by atoms with van der Waals surface area (Å²) < 4.78 is 44.8. The summed E-state index contributed by atoms with van der Waals surface area (Å²) in [6.07, 6.45) is -0.361. The molecule has 0 radical (unpaired) electrons. The Hall–Kier alpha value is -4.88. The second kappa shape index (κ2) is 11.9. The molecule has 5 rings (SSSR count). The average molecular weight is 624 g/mol. The fourth-order valence-electron chi connectivity index (χ4n) is 5.06. The first-order chi connectivity index (χ1) is 21.2. The molecule has 0 bridgehead atoms. The van der Waals surface area contributed by atoms with Crippen molar-refractivity contribution in [1.82, 2.24) is 35.4 Å². The standard InChI is InChI=1S/C31H32F3N7O4/c1-18(25-35-12-5-13-36-25)41(17-21-8-6-20(15-37-21)31(32,33)34)27(43)30(10-11-30)19-7-9-22-23(14-19)24(39-40-26(22)42)16-38-28(44)45-29(2,3)4/h5-9,12-15,18H,10-11,16-17H2,1-4H3,(H,38,44)(H,40,42). The summed E-state index contributed by atoms with van der Waals surface area (Å²) in [4.78, 5) is 53.4. The maximum absolute atomic E-state index is 14.4. The van der Waals surface area contributed by atoms with Gasteiger partial charge in [0.25, 0.3) is 5.56 Å². The van der Waals surface area contributed by atoms with Crippen molar-refractivity contribution < 1.29 is 27.5 Å². The normalized spacial score (nSPS) is 14.9. The molecule has 2 amide bonds. The monoisotopic (exact) mass is 623 g/mol. The fourth-order valence-corrected chi connectivity index (χ4v) is 5.06. The summed E-state index contributed by atoms with van der Waals surface area (Å²) in [5.41, 5.74) is -1.73. The second-order valence-corrected chi connectivity index (χ2v) is 11.9. The van der Waals surface area contributed by atoms with E-state index >= 15 is 0 Å². The van der Waals surface area contributed by atoms with Gasteiger partial charge in [0.1, 0.15) is 11.4 Å². The minimum Gasteiger partial charge on any atom is -0.444 e. The van der Waals surface area contributed by atoms with Gasteiger partial charge in [-0.1, -0.05) is 6.07 Å². The molecule has 1 aliphatic carbocycles. The van der Waals surface area contributed by atoms with Crippen LogP contribution in [0.1, 0.15) is 74.9 Å². The number of carbonyl (C=O) groups excluding carboxylic acids is 2. The lowest BCUT2D eigenvalue weighted by Gasteiger charge is -2.32. The third kappa shape index (κ3) is 6.94. The van der Waals surface area contributed by atoms with Crippen LogP contribution in [0.5, 0.6) is 0 Å². The first-order valence-electron chi connectivity index (χ1n) is 14.3. The second-order valence-electron chi connectivity index (χ2n) is 11.9. The van der Waals surface area contributed by atoms with E-state index in [9.17, 15) is 27.6 Å². The Kier molecular flexibility index (Phi) is 8.34. The molecule has 1 unspecified atom stereocenters. The Morgan fingerprint density at radius 2 is 1.78 bits per heavy atom. The van der Waals surface area contributed by atoms with E-state index in [4.69, 9.17) is 4.74 Å². The Labute approximate surface area is 256 Å². The molecule has 3 aromatic heterocycles. The predicted molar refractivity (Wildman–Crippen MR) is 157 cm³/mol. The van der Waals surface area contributed by atoms with Gasteiger partial charge < -0.3 is 15.0 Å². The molecule has 1 saturated carbocycles. The largest absolute Gasteiger partial charge is 0.444 e. The van der Waals surface area contributed by atoms with Crippen LogP contribution in [-0.4, -0.2) is 47.7 Å². The number of hydrogen-bond donors (Lipinski definition) is 2. The van der Waals surface area contributed by atoms with Crippen molar-refractivity contribution in [3.8, 4) is 0 Å². The highest BCUT2D eigenvalue weighted by Gasteiger charge is 2.54. The first kappa shape index (κ1) is 31.5. The van der Waals surface area contributed by atoms with E-state index in [1.165, 1.54) is 11.0 Å². The summed E-state index contributed by atoms with van der Waals surface area (Å²) >= 11 is 0. The maximum Gasteiger partial charge on any atom is 0.417 e. The van der Waals surface area contributed by atoms with Gasteiger partial charge in [0, 0.05) is 24.0 Å². The highest BCUT2D eigenvalue weighted by Crippen LogP contribution is 2.51. The van der Waals surface area contributed by atoms with Crippen LogP contribution in [0.2, 0.25) is 0 Å². The van der Waals surface area contributed by atoms with Gasteiger partial charge in [0.2, 0.25) is 5.91 Å². The lowest BCUT2D eigenvalue weighted by molar-refractivity contribution is -0.138. The summed E-state index contributed by atoms with van der Waals surface area (Å²) in [5.74, 6) is 0.0769. The number of alkyl carbamates (subject to hydrolysis) is 1. The third-order valence-corrected chi connectivity index (χ3v) is 7.55. The summed E-state index contributed by atoms with van der Waals surface area (Å²) in [7, 11) is 0. The Morgan fingerprint density at radius 3 is 2.38 bits per heavy atom.